The van der Waals surface area contributed by atoms with Crippen molar-refractivity contribution in [3.8, 4) is 0 Å². The van der Waals surface area contributed by atoms with E-state index in [0.717, 1.165) is 9.87 Å². The Hall–Kier alpha value is -0.970. The summed E-state index contributed by atoms with van der Waals surface area (Å²) in [6.07, 6.45) is -0.863. The molecule has 0 spiro atoms. The van der Waals surface area contributed by atoms with Crippen LogP contribution in [0, 0.1) is 12.8 Å². The molecule has 1 unspecified atom stereocenters. The van der Waals surface area contributed by atoms with Crippen LogP contribution < -0.4 is 0 Å². The van der Waals surface area contributed by atoms with Gasteiger partial charge in [0.05, 0.1) is 11.0 Å². The Morgan fingerprint density at radius 1 is 1.21 bits per heavy atom. The van der Waals surface area contributed by atoms with Crippen molar-refractivity contribution in [1.29, 1.82) is 0 Å². The van der Waals surface area contributed by atoms with E-state index < -0.39 is 32.7 Å². The van der Waals surface area contributed by atoms with Crippen LogP contribution in [0.2, 0.25) is 0 Å². The molecule has 1 aromatic carbocycles. The lowest BCUT2D eigenvalue weighted by Gasteiger charge is -2.34. The number of hydrogen-bond donors (Lipinski definition) is 0. The Morgan fingerprint density at radius 3 is 2.33 bits per heavy atom. The van der Waals surface area contributed by atoms with Crippen molar-refractivity contribution < 1.29 is 30.0 Å². The van der Waals surface area contributed by atoms with Crippen molar-refractivity contribution in [3.05, 3.63) is 29.8 Å². The molecule has 5 nitrogen and oxygen atoms in total. The summed E-state index contributed by atoms with van der Waals surface area (Å²) in [4.78, 5) is 0.0675. The van der Waals surface area contributed by atoms with E-state index in [9.17, 15) is 25.8 Å². The first-order valence-corrected chi connectivity index (χ1v) is 9.74. The minimum absolute atomic E-state index is 0.0675. The topological polar surface area (TPSA) is 63.7 Å². The molecule has 0 aliphatic carbocycles. The van der Waals surface area contributed by atoms with Crippen molar-refractivity contribution in [3.63, 3.8) is 0 Å². The number of aryl methyl sites for hydroxylation is 1. The molecule has 24 heavy (non-hydrogen) atoms. The molecule has 0 amide bonds. The first-order chi connectivity index (χ1) is 11.0. The summed E-state index contributed by atoms with van der Waals surface area (Å²) in [7, 11) is -3.84. The van der Waals surface area contributed by atoms with Gasteiger partial charge in [0.2, 0.25) is 10.0 Å². The van der Waals surface area contributed by atoms with Crippen LogP contribution in [0.25, 0.3) is 0 Å². The molecule has 0 saturated carbocycles. The summed E-state index contributed by atoms with van der Waals surface area (Å²) >= 11 is -3.46. The van der Waals surface area contributed by atoms with E-state index in [2.05, 4.69) is 4.18 Å². The third-order valence-electron chi connectivity index (χ3n) is 3.66. The monoisotopic (exact) mass is 385 g/mol. The van der Waals surface area contributed by atoms with Crippen LogP contribution in [0.4, 0.5) is 13.2 Å². The van der Waals surface area contributed by atoms with Gasteiger partial charge in [-0.3, -0.25) is 4.18 Å². The highest BCUT2D eigenvalue weighted by Gasteiger charge is 2.42. The zero-order valence-electron chi connectivity index (χ0n) is 13.1. The van der Waals surface area contributed by atoms with Crippen molar-refractivity contribution in [2.24, 2.45) is 5.92 Å². The van der Waals surface area contributed by atoms with E-state index in [1.165, 1.54) is 12.1 Å². The van der Waals surface area contributed by atoms with Crippen molar-refractivity contribution >= 4 is 21.1 Å². The Balaban J connectivity index is 2.18. The molecule has 0 N–H and O–H groups in total. The van der Waals surface area contributed by atoms with Gasteiger partial charge in [0.25, 0.3) is 11.1 Å². The molecule has 0 radical (unpaired) electrons. The fourth-order valence-electron chi connectivity index (χ4n) is 2.55. The van der Waals surface area contributed by atoms with Gasteiger partial charge in [0.1, 0.15) is 0 Å². The molecular weight excluding hydrogens is 367 g/mol. The number of sulfonamides is 1. The van der Waals surface area contributed by atoms with E-state index in [4.69, 9.17) is 0 Å². The third-order valence-corrected chi connectivity index (χ3v) is 6.33. The molecule has 1 aliphatic heterocycles. The van der Waals surface area contributed by atoms with Crippen molar-refractivity contribution in [2.75, 3.05) is 13.1 Å². The van der Waals surface area contributed by atoms with Crippen LogP contribution in [0.1, 0.15) is 18.9 Å². The third kappa shape index (κ3) is 4.56. The molecule has 0 aromatic heterocycles. The molecular formula is C14H18F3NO4S2. The second-order valence-corrected chi connectivity index (χ2v) is 8.94. The van der Waals surface area contributed by atoms with Crippen molar-refractivity contribution in [2.45, 2.75) is 36.8 Å². The van der Waals surface area contributed by atoms with Crippen LogP contribution >= 0.6 is 0 Å². The second kappa shape index (κ2) is 7.11. The summed E-state index contributed by atoms with van der Waals surface area (Å²) in [6, 6.07) is 6.20. The van der Waals surface area contributed by atoms with E-state index in [1.807, 2.05) is 6.92 Å². The number of benzene rings is 1. The lowest BCUT2D eigenvalue weighted by atomic mass is 10.00. The highest BCUT2D eigenvalue weighted by molar-refractivity contribution is 7.89. The van der Waals surface area contributed by atoms with Crippen LogP contribution in [-0.2, 0) is 25.3 Å². The van der Waals surface area contributed by atoms with Crippen LogP contribution in [0.5, 0.6) is 0 Å². The fraction of sp³-hybridized carbons (Fsp3) is 0.571. The van der Waals surface area contributed by atoms with Crippen LogP contribution in [-0.4, -0.2) is 41.6 Å². The first-order valence-electron chi connectivity index (χ1n) is 7.22. The number of alkyl halides is 3. The summed E-state index contributed by atoms with van der Waals surface area (Å²) in [5.74, 6) is -0.214. The Labute approximate surface area is 141 Å². The van der Waals surface area contributed by atoms with Crippen LogP contribution in [0.3, 0.4) is 0 Å². The maximum Gasteiger partial charge on any atom is 0.497 e. The summed E-state index contributed by atoms with van der Waals surface area (Å²) in [5, 5.41) is 0. The van der Waals surface area contributed by atoms with Gasteiger partial charge >= 0.3 is 5.51 Å². The molecule has 1 fully saturated rings. The predicted molar refractivity (Wildman–Crippen MR) is 82.8 cm³/mol. The lowest BCUT2D eigenvalue weighted by molar-refractivity contribution is -0.0519. The number of piperidine rings is 1. The highest BCUT2D eigenvalue weighted by Crippen LogP contribution is 2.28. The lowest BCUT2D eigenvalue weighted by Crippen LogP contribution is -2.47. The fourth-order valence-corrected chi connectivity index (χ4v) is 4.64. The average Bonchev–Trinajstić information content (AvgIpc) is 2.46. The van der Waals surface area contributed by atoms with Gasteiger partial charge in [0.15, 0.2) is 0 Å². The zero-order valence-corrected chi connectivity index (χ0v) is 14.7. The Bertz CT molecular complexity index is 704. The van der Waals surface area contributed by atoms with E-state index in [-0.39, 0.29) is 30.3 Å². The quantitative estimate of drug-likeness (QED) is 0.799. The molecule has 2 rings (SSSR count). The molecule has 3 atom stereocenters. The van der Waals surface area contributed by atoms with Gasteiger partial charge in [-0.15, -0.1) is 0 Å². The molecule has 0 bridgehead atoms. The van der Waals surface area contributed by atoms with Gasteiger partial charge in [-0.25, -0.2) is 12.6 Å². The van der Waals surface area contributed by atoms with Gasteiger partial charge in [-0.05, 0) is 31.4 Å². The number of hydrogen-bond acceptors (Lipinski definition) is 4. The Morgan fingerprint density at radius 2 is 1.79 bits per heavy atom. The number of rotatable bonds is 4. The number of halogens is 3. The molecule has 1 aliphatic rings. The average molecular weight is 385 g/mol. The van der Waals surface area contributed by atoms with E-state index >= 15 is 0 Å². The molecule has 1 aromatic rings. The zero-order chi connectivity index (χ0) is 18.1. The summed E-state index contributed by atoms with van der Waals surface area (Å²) < 4.78 is 79.2. The Kier molecular flexibility index (Phi) is 5.73. The summed E-state index contributed by atoms with van der Waals surface area (Å²) in [6.45, 7) is 3.44. The minimum atomic E-state index is -4.98. The summed E-state index contributed by atoms with van der Waals surface area (Å²) in [5.41, 5.74) is -4.09. The van der Waals surface area contributed by atoms with E-state index in [0.29, 0.717) is 0 Å². The van der Waals surface area contributed by atoms with Gasteiger partial charge < -0.3 is 0 Å². The number of nitrogens with zero attached hydrogens (tertiary/aromatic N) is 1. The standard InChI is InChI=1S/C14H18F3NO4S2/c1-10-3-5-13(6-4-10)24(20,21)18-8-11(2)7-12(9-18)22-23(19)14(15,16)17/h3-6,11-12H,7-9H2,1-2H3/t11-,12+,23?/m0/s1. The maximum absolute atomic E-state index is 12.6. The normalized spacial score (nSPS) is 24.7. The minimum Gasteiger partial charge on any atom is -0.279 e. The molecule has 1 saturated heterocycles. The van der Waals surface area contributed by atoms with Crippen LogP contribution in [0.15, 0.2) is 29.2 Å². The maximum atomic E-state index is 12.6. The molecule has 1 heterocycles. The van der Waals surface area contributed by atoms with Crippen molar-refractivity contribution in [1.82, 2.24) is 4.31 Å². The highest BCUT2D eigenvalue weighted by atomic mass is 32.2. The molecule has 10 heteroatoms. The van der Waals surface area contributed by atoms with Gasteiger partial charge in [0, 0.05) is 13.1 Å². The predicted octanol–water partition coefficient (Wildman–Crippen LogP) is 2.59. The smallest absolute Gasteiger partial charge is 0.279 e. The second-order valence-electron chi connectivity index (χ2n) is 5.87. The van der Waals surface area contributed by atoms with Gasteiger partial charge in [-0.1, -0.05) is 24.6 Å². The van der Waals surface area contributed by atoms with Gasteiger partial charge in [-0.2, -0.15) is 17.5 Å². The van der Waals surface area contributed by atoms with E-state index in [1.54, 1.807) is 19.1 Å². The largest absolute Gasteiger partial charge is 0.497 e. The first kappa shape index (κ1) is 19.4. The molecule has 136 valence electrons. The SMILES string of the molecule is Cc1ccc(S(=O)(=O)N2C[C@@H](C)C[C@@H](OS(=O)C(F)(F)F)C2)cc1.